The standard InChI is InChI=1S/C15H19N3O3/c1-10(2)14-16-12-4-3-11(15(19)20)9-13(12)18(14)17-5-7-21-8-6-17/h3-4,9-10H,5-8H2,1-2H3,(H,19,20). The Bertz CT molecular complexity index is 672. The molecule has 1 aromatic carbocycles. The van der Waals surface area contributed by atoms with Gasteiger partial charge >= 0.3 is 5.97 Å². The van der Waals surface area contributed by atoms with Crippen molar-refractivity contribution in [3.8, 4) is 0 Å². The van der Waals surface area contributed by atoms with Crippen LogP contribution in [0, 0.1) is 0 Å². The summed E-state index contributed by atoms with van der Waals surface area (Å²) < 4.78 is 7.47. The summed E-state index contributed by atoms with van der Waals surface area (Å²) in [6.07, 6.45) is 0. The fourth-order valence-corrected chi connectivity index (χ4v) is 2.64. The maximum absolute atomic E-state index is 11.2. The fourth-order valence-electron chi connectivity index (χ4n) is 2.64. The van der Waals surface area contributed by atoms with Crippen molar-refractivity contribution in [2.75, 3.05) is 31.3 Å². The van der Waals surface area contributed by atoms with E-state index in [1.54, 1.807) is 18.2 Å². The SMILES string of the molecule is CC(C)c1nc2ccc(C(=O)O)cc2n1N1CCOCC1. The van der Waals surface area contributed by atoms with E-state index in [0.717, 1.165) is 29.9 Å². The van der Waals surface area contributed by atoms with E-state index in [0.29, 0.717) is 13.2 Å². The van der Waals surface area contributed by atoms with Crippen molar-refractivity contribution in [2.45, 2.75) is 19.8 Å². The number of hydrogen-bond donors (Lipinski definition) is 1. The lowest BCUT2D eigenvalue weighted by molar-refractivity contribution is 0.0697. The van der Waals surface area contributed by atoms with Crippen LogP contribution in [0.5, 0.6) is 0 Å². The number of carboxylic acids is 1. The average Bonchev–Trinajstić information content (AvgIpc) is 2.86. The maximum Gasteiger partial charge on any atom is 0.335 e. The number of aromatic nitrogens is 2. The minimum atomic E-state index is -0.919. The van der Waals surface area contributed by atoms with Crippen LogP contribution in [0.4, 0.5) is 0 Å². The van der Waals surface area contributed by atoms with Crippen LogP contribution in [0.2, 0.25) is 0 Å². The largest absolute Gasteiger partial charge is 0.478 e. The monoisotopic (exact) mass is 289 g/mol. The first-order valence-electron chi connectivity index (χ1n) is 7.16. The maximum atomic E-state index is 11.2. The Morgan fingerprint density at radius 3 is 2.67 bits per heavy atom. The lowest BCUT2D eigenvalue weighted by Gasteiger charge is -2.32. The molecule has 1 N–H and O–H groups in total. The molecule has 21 heavy (non-hydrogen) atoms. The number of aromatic carboxylic acids is 1. The molecule has 2 heterocycles. The highest BCUT2D eigenvalue weighted by molar-refractivity contribution is 5.92. The summed E-state index contributed by atoms with van der Waals surface area (Å²) >= 11 is 0. The van der Waals surface area contributed by atoms with Gasteiger partial charge in [-0.2, -0.15) is 0 Å². The van der Waals surface area contributed by atoms with E-state index in [1.807, 2.05) is 0 Å². The van der Waals surface area contributed by atoms with Gasteiger partial charge in [0, 0.05) is 5.92 Å². The minimum Gasteiger partial charge on any atom is -0.478 e. The third kappa shape index (κ3) is 2.47. The van der Waals surface area contributed by atoms with Crippen molar-refractivity contribution < 1.29 is 14.6 Å². The number of carboxylic acid groups (broad SMARTS) is 1. The molecule has 3 rings (SSSR count). The van der Waals surface area contributed by atoms with E-state index in [2.05, 4.69) is 28.5 Å². The summed E-state index contributed by atoms with van der Waals surface area (Å²) in [6, 6.07) is 5.08. The van der Waals surface area contributed by atoms with Crippen molar-refractivity contribution in [3.63, 3.8) is 0 Å². The number of morpholine rings is 1. The van der Waals surface area contributed by atoms with E-state index >= 15 is 0 Å². The Kier molecular flexibility index (Phi) is 3.55. The molecule has 6 nitrogen and oxygen atoms in total. The fraction of sp³-hybridized carbons (Fsp3) is 0.467. The minimum absolute atomic E-state index is 0.258. The van der Waals surface area contributed by atoms with Gasteiger partial charge in [0.15, 0.2) is 0 Å². The Morgan fingerprint density at radius 2 is 2.05 bits per heavy atom. The summed E-state index contributed by atoms with van der Waals surface area (Å²) in [5.41, 5.74) is 1.96. The molecular weight excluding hydrogens is 270 g/mol. The molecule has 0 atom stereocenters. The molecule has 1 fully saturated rings. The van der Waals surface area contributed by atoms with Crippen LogP contribution in [-0.4, -0.2) is 47.0 Å². The zero-order valence-corrected chi connectivity index (χ0v) is 12.2. The van der Waals surface area contributed by atoms with Crippen LogP contribution in [0.15, 0.2) is 18.2 Å². The van der Waals surface area contributed by atoms with E-state index in [9.17, 15) is 9.90 Å². The molecule has 0 saturated carbocycles. The number of fused-ring (bicyclic) bond motifs is 1. The predicted octanol–water partition coefficient (Wildman–Crippen LogP) is 1.83. The molecule has 112 valence electrons. The lowest BCUT2D eigenvalue weighted by Crippen LogP contribution is -2.44. The smallest absolute Gasteiger partial charge is 0.335 e. The van der Waals surface area contributed by atoms with Crippen molar-refractivity contribution >= 4 is 17.0 Å². The Hall–Kier alpha value is -2.08. The molecule has 0 spiro atoms. The molecule has 6 heteroatoms. The number of benzene rings is 1. The molecule has 1 aromatic heterocycles. The van der Waals surface area contributed by atoms with Gasteiger partial charge in [-0.3, -0.25) is 0 Å². The molecular formula is C15H19N3O3. The molecule has 1 aliphatic heterocycles. The number of rotatable bonds is 3. The lowest BCUT2D eigenvalue weighted by atomic mass is 10.2. The highest BCUT2D eigenvalue weighted by Crippen LogP contribution is 2.24. The highest BCUT2D eigenvalue weighted by atomic mass is 16.5. The van der Waals surface area contributed by atoms with Gasteiger partial charge in [0.1, 0.15) is 5.82 Å². The average molecular weight is 289 g/mol. The molecule has 0 amide bonds. The summed E-state index contributed by atoms with van der Waals surface area (Å²) in [5, 5.41) is 11.4. The third-order valence-corrected chi connectivity index (χ3v) is 3.69. The number of hydrogen-bond acceptors (Lipinski definition) is 4. The Labute approximate surface area is 122 Å². The number of nitrogens with zero attached hydrogens (tertiary/aromatic N) is 3. The Morgan fingerprint density at radius 1 is 1.33 bits per heavy atom. The zero-order valence-electron chi connectivity index (χ0n) is 12.2. The van der Waals surface area contributed by atoms with Gasteiger partial charge in [-0.25, -0.2) is 14.5 Å². The van der Waals surface area contributed by atoms with Crippen LogP contribution >= 0.6 is 0 Å². The topological polar surface area (TPSA) is 67.6 Å². The van der Waals surface area contributed by atoms with Crippen LogP contribution in [-0.2, 0) is 4.74 Å². The van der Waals surface area contributed by atoms with Crippen LogP contribution in [0.25, 0.3) is 11.0 Å². The highest BCUT2D eigenvalue weighted by Gasteiger charge is 2.21. The van der Waals surface area contributed by atoms with Gasteiger partial charge in [0.2, 0.25) is 0 Å². The first-order chi connectivity index (χ1) is 10.1. The van der Waals surface area contributed by atoms with Crippen LogP contribution < -0.4 is 5.01 Å². The molecule has 2 aromatic rings. The van der Waals surface area contributed by atoms with Crippen LogP contribution in [0.1, 0.15) is 35.9 Å². The Balaban J connectivity index is 2.18. The molecule has 0 unspecified atom stereocenters. The normalized spacial score (nSPS) is 15.9. The van der Waals surface area contributed by atoms with E-state index in [4.69, 9.17) is 4.74 Å². The van der Waals surface area contributed by atoms with Gasteiger partial charge in [-0.05, 0) is 18.2 Å². The predicted molar refractivity (Wildman–Crippen MR) is 79.6 cm³/mol. The quantitative estimate of drug-likeness (QED) is 0.933. The first kappa shape index (κ1) is 13.9. The van der Waals surface area contributed by atoms with Gasteiger partial charge < -0.3 is 14.9 Å². The first-order valence-corrected chi connectivity index (χ1v) is 7.16. The van der Waals surface area contributed by atoms with Gasteiger partial charge in [0.25, 0.3) is 0 Å². The van der Waals surface area contributed by atoms with Crippen molar-refractivity contribution in [1.29, 1.82) is 0 Å². The second-order valence-corrected chi connectivity index (χ2v) is 5.51. The number of ether oxygens (including phenoxy) is 1. The zero-order chi connectivity index (χ0) is 15.0. The molecule has 1 saturated heterocycles. The molecule has 0 bridgehead atoms. The second kappa shape index (κ2) is 5.37. The van der Waals surface area contributed by atoms with Crippen molar-refractivity contribution in [2.24, 2.45) is 0 Å². The summed E-state index contributed by atoms with van der Waals surface area (Å²) in [6.45, 7) is 7.10. The molecule has 0 radical (unpaired) electrons. The van der Waals surface area contributed by atoms with Gasteiger partial charge in [-0.1, -0.05) is 13.8 Å². The second-order valence-electron chi connectivity index (χ2n) is 5.51. The summed E-state index contributed by atoms with van der Waals surface area (Å²) in [5.74, 6) is 0.292. The van der Waals surface area contributed by atoms with Gasteiger partial charge in [-0.15, -0.1) is 0 Å². The third-order valence-electron chi connectivity index (χ3n) is 3.69. The number of carbonyl (C=O) groups is 1. The van der Waals surface area contributed by atoms with E-state index in [-0.39, 0.29) is 11.5 Å². The van der Waals surface area contributed by atoms with Crippen LogP contribution in [0.3, 0.4) is 0 Å². The molecule has 1 aliphatic rings. The number of imidazole rings is 1. The summed E-state index contributed by atoms with van der Waals surface area (Å²) in [4.78, 5) is 15.9. The van der Waals surface area contributed by atoms with E-state index < -0.39 is 5.97 Å². The van der Waals surface area contributed by atoms with Crippen molar-refractivity contribution in [1.82, 2.24) is 9.66 Å². The van der Waals surface area contributed by atoms with Crippen molar-refractivity contribution in [3.05, 3.63) is 29.6 Å². The van der Waals surface area contributed by atoms with Gasteiger partial charge in [0.05, 0.1) is 42.9 Å². The summed E-state index contributed by atoms with van der Waals surface area (Å²) in [7, 11) is 0. The van der Waals surface area contributed by atoms with E-state index in [1.165, 1.54) is 0 Å². The molecule has 0 aliphatic carbocycles.